The minimum atomic E-state index is -0.394. The van der Waals surface area contributed by atoms with Crippen LogP contribution in [-0.2, 0) is 6.42 Å². The van der Waals surface area contributed by atoms with Gasteiger partial charge in [0.25, 0.3) is 11.5 Å². The summed E-state index contributed by atoms with van der Waals surface area (Å²) in [4.78, 5) is 25.4. The first-order valence-corrected chi connectivity index (χ1v) is 14.7. The van der Waals surface area contributed by atoms with Crippen molar-refractivity contribution in [3.63, 3.8) is 0 Å². The van der Waals surface area contributed by atoms with Crippen LogP contribution in [0.1, 0.15) is 54.4 Å². The Labute approximate surface area is 253 Å². The number of H-pyrrole nitrogens is 1. The molecule has 0 fully saturated rings. The van der Waals surface area contributed by atoms with E-state index in [1.165, 1.54) is 47.7 Å². The molecule has 3 aromatic carbocycles. The maximum Gasteiger partial charge on any atom is 0.273 e. The first-order valence-electron chi connectivity index (χ1n) is 13.2. The van der Waals surface area contributed by atoms with E-state index in [1.54, 1.807) is 18.2 Å². The summed E-state index contributed by atoms with van der Waals surface area (Å²) in [5.74, 6) is 0.156. The minimum Gasteiger partial charge on any atom is -0.352 e. The number of aryl methyl sites for hydroxylation is 1. The fourth-order valence-corrected chi connectivity index (χ4v) is 5.54. The molecule has 0 aliphatic rings. The zero-order valence-electron chi connectivity index (χ0n) is 21.8. The molecule has 0 unspecified atom stereocenters. The van der Waals surface area contributed by atoms with Crippen molar-refractivity contribution in [2.75, 3.05) is 11.9 Å². The van der Waals surface area contributed by atoms with Gasteiger partial charge in [0.15, 0.2) is 0 Å². The quantitative estimate of drug-likeness (QED) is 0.131. The number of hydrogen-bond acceptors (Lipinski definition) is 3. The van der Waals surface area contributed by atoms with Gasteiger partial charge in [0.1, 0.15) is 11.5 Å². The van der Waals surface area contributed by atoms with Crippen molar-refractivity contribution < 1.29 is 4.79 Å². The number of unbranched alkanes of at least 4 members (excludes halogenated alkanes) is 5. The van der Waals surface area contributed by atoms with Crippen LogP contribution in [0.4, 0.5) is 11.5 Å². The van der Waals surface area contributed by atoms with E-state index in [0.29, 0.717) is 33.7 Å². The fraction of sp³-hybridized carbons (Fsp3) is 0.267. The molecular formula is C30H30Cl4N4O2. The number of carbonyl (C=O) groups is 1. The Morgan fingerprint density at radius 3 is 2.17 bits per heavy atom. The van der Waals surface area contributed by atoms with E-state index in [-0.39, 0.29) is 21.6 Å². The number of aromatic amines is 1. The molecule has 4 aromatic rings. The highest BCUT2D eigenvalue weighted by Gasteiger charge is 2.15. The van der Waals surface area contributed by atoms with Crippen molar-refractivity contribution in [3.05, 3.63) is 108 Å². The molecule has 0 atom stereocenters. The average Bonchev–Trinajstić information content (AvgIpc) is 3.28. The third kappa shape index (κ3) is 8.31. The SMILES string of the molecule is O=C(NCCCCCCCCc1ccccc1)c1ccc(Cl)c(Nc2cc(=O)n(-c3c(Cl)cc(Cl)cc3Cl)[nH]2)c1. The molecule has 0 saturated heterocycles. The lowest BCUT2D eigenvalue weighted by molar-refractivity contribution is 0.0953. The summed E-state index contributed by atoms with van der Waals surface area (Å²) in [6, 6.07) is 19.8. The summed E-state index contributed by atoms with van der Waals surface area (Å²) in [6.45, 7) is 0.604. The van der Waals surface area contributed by atoms with E-state index in [2.05, 4.69) is 40.0 Å². The van der Waals surface area contributed by atoms with Gasteiger partial charge in [0.2, 0.25) is 0 Å². The number of halogens is 4. The molecule has 3 N–H and O–H groups in total. The Balaban J connectivity index is 1.25. The van der Waals surface area contributed by atoms with Gasteiger partial charge in [0, 0.05) is 23.2 Å². The molecule has 1 heterocycles. The molecule has 0 aliphatic carbocycles. The summed E-state index contributed by atoms with van der Waals surface area (Å²) in [5, 5.41) is 10.1. The molecule has 0 radical (unpaired) electrons. The van der Waals surface area contributed by atoms with Crippen LogP contribution in [0.5, 0.6) is 0 Å². The Kier molecular flexibility index (Phi) is 11.0. The third-order valence-electron chi connectivity index (χ3n) is 6.44. The highest BCUT2D eigenvalue weighted by atomic mass is 35.5. The lowest BCUT2D eigenvalue weighted by atomic mass is 10.0. The number of carbonyl (C=O) groups excluding carboxylic acids is 1. The molecule has 210 valence electrons. The number of hydrogen-bond donors (Lipinski definition) is 3. The van der Waals surface area contributed by atoms with E-state index in [1.807, 2.05) is 6.07 Å². The summed E-state index contributed by atoms with van der Waals surface area (Å²) in [7, 11) is 0. The van der Waals surface area contributed by atoms with Crippen molar-refractivity contribution in [1.82, 2.24) is 15.1 Å². The largest absolute Gasteiger partial charge is 0.352 e. The van der Waals surface area contributed by atoms with Crippen molar-refractivity contribution >= 4 is 63.8 Å². The Morgan fingerprint density at radius 2 is 1.45 bits per heavy atom. The number of nitrogens with zero attached hydrogens (tertiary/aromatic N) is 1. The molecule has 1 amide bonds. The zero-order valence-corrected chi connectivity index (χ0v) is 24.8. The van der Waals surface area contributed by atoms with Crippen LogP contribution in [0.15, 0.2) is 71.5 Å². The lowest BCUT2D eigenvalue weighted by Crippen LogP contribution is -2.24. The van der Waals surface area contributed by atoms with Crippen molar-refractivity contribution in [2.45, 2.75) is 44.9 Å². The van der Waals surface area contributed by atoms with E-state index >= 15 is 0 Å². The Bertz CT molecular complexity index is 1480. The second kappa shape index (κ2) is 14.6. The molecule has 1 aromatic heterocycles. The van der Waals surface area contributed by atoms with E-state index < -0.39 is 5.56 Å². The molecular weight excluding hydrogens is 590 g/mol. The lowest BCUT2D eigenvalue weighted by Gasteiger charge is -2.11. The van der Waals surface area contributed by atoms with Crippen LogP contribution >= 0.6 is 46.4 Å². The monoisotopic (exact) mass is 618 g/mol. The summed E-state index contributed by atoms with van der Waals surface area (Å²) >= 11 is 24.9. The summed E-state index contributed by atoms with van der Waals surface area (Å²) in [5.41, 5.74) is 2.20. The first-order chi connectivity index (χ1) is 19.3. The predicted molar refractivity (Wildman–Crippen MR) is 166 cm³/mol. The van der Waals surface area contributed by atoms with E-state index in [0.717, 1.165) is 25.7 Å². The van der Waals surface area contributed by atoms with Crippen LogP contribution in [0.2, 0.25) is 20.1 Å². The molecule has 0 bridgehead atoms. The number of amides is 1. The van der Waals surface area contributed by atoms with Crippen LogP contribution < -0.4 is 16.2 Å². The molecule has 4 rings (SSSR count). The van der Waals surface area contributed by atoms with Gasteiger partial charge >= 0.3 is 0 Å². The van der Waals surface area contributed by atoms with E-state index in [4.69, 9.17) is 46.4 Å². The number of aromatic nitrogens is 2. The molecule has 40 heavy (non-hydrogen) atoms. The van der Waals surface area contributed by atoms with Crippen molar-refractivity contribution in [1.29, 1.82) is 0 Å². The van der Waals surface area contributed by atoms with Crippen molar-refractivity contribution in [2.24, 2.45) is 0 Å². The van der Waals surface area contributed by atoms with Crippen LogP contribution in [-0.4, -0.2) is 22.2 Å². The summed E-state index contributed by atoms with van der Waals surface area (Å²) < 4.78 is 1.21. The van der Waals surface area contributed by atoms with Gasteiger partial charge in [0.05, 0.1) is 20.8 Å². The number of nitrogens with one attached hydrogen (secondary N) is 3. The van der Waals surface area contributed by atoms with E-state index in [9.17, 15) is 9.59 Å². The number of anilines is 2. The van der Waals surface area contributed by atoms with Gasteiger partial charge in [-0.05, 0) is 55.2 Å². The minimum absolute atomic E-state index is 0.187. The average molecular weight is 620 g/mol. The Hall–Kier alpha value is -2.90. The topological polar surface area (TPSA) is 78.9 Å². The standard InChI is InChI=1S/C30H30Cl4N4O2/c31-22-17-24(33)29(25(34)18-22)38-28(39)19-27(37-38)36-26-16-21(13-14-23(26)32)30(40)35-15-9-4-2-1-3-6-10-20-11-7-5-8-12-20/h5,7-8,11-14,16-19,36-37H,1-4,6,9-10,15H2,(H,35,40). The van der Waals surface area contributed by atoms with Crippen LogP contribution in [0.25, 0.3) is 5.69 Å². The van der Waals surface area contributed by atoms with Gasteiger partial charge in [-0.1, -0.05) is 102 Å². The molecule has 0 spiro atoms. The predicted octanol–water partition coefficient (Wildman–Crippen LogP) is 8.84. The number of rotatable bonds is 13. The molecule has 10 heteroatoms. The van der Waals surface area contributed by atoms with Crippen molar-refractivity contribution in [3.8, 4) is 5.69 Å². The second-order valence-electron chi connectivity index (χ2n) is 9.49. The van der Waals surface area contributed by atoms with Crippen LogP contribution in [0, 0.1) is 0 Å². The normalized spacial score (nSPS) is 11.0. The molecule has 0 saturated carbocycles. The fourth-order valence-electron chi connectivity index (χ4n) is 4.39. The molecule has 0 aliphatic heterocycles. The zero-order chi connectivity index (χ0) is 28.5. The highest BCUT2D eigenvalue weighted by Crippen LogP contribution is 2.32. The van der Waals surface area contributed by atoms with Gasteiger partial charge in [-0.2, -0.15) is 0 Å². The number of benzene rings is 3. The Morgan fingerprint density at radius 1 is 0.775 bits per heavy atom. The van der Waals surface area contributed by atoms with Gasteiger partial charge in [-0.3, -0.25) is 14.7 Å². The van der Waals surface area contributed by atoms with Gasteiger partial charge in [-0.25, -0.2) is 4.68 Å². The second-order valence-corrected chi connectivity index (χ2v) is 11.2. The smallest absolute Gasteiger partial charge is 0.273 e. The molecule has 6 nitrogen and oxygen atoms in total. The third-order valence-corrected chi connectivity index (χ3v) is 7.57. The maximum absolute atomic E-state index is 12.7. The highest BCUT2D eigenvalue weighted by molar-refractivity contribution is 6.40. The van der Waals surface area contributed by atoms with Gasteiger partial charge < -0.3 is 10.6 Å². The van der Waals surface area contributed by atoms with Crippen LogP contribution in [0.3, 0.4) is 0 Å². The summed E-state index contributed by atoms with van der Waals surface area (Å²) in [6.07, 6.45) is 7.91. The maximum atomic E-state index is 12.7. The van der Waals surface area contributed by atoms with Gasteiger partial charge in [-0.15, -0.1) is 0 Å². The first kappa shape index (κ1) is 30.1.